The van der Waals surface area contributed by atoms with E-state index in [-0.39, 0.29) is 0 Å². The monoisotopic (exact) mass is 307 g/mol. The SMILES string of the molecule is CCCCCCC(CCCCCC)C1NC2=C(CNCC2)N1. The molecule has 2 rings (SSSR count). The Morgan fingerprint density at radius 3 is 2.09 bits per heavy atom. The minimum Gasteiger partial charge on any atom is -0.367 e. The minimum absolute atomic E-state index is 0.494. The highest BCUT2D eigenvalue weighted by molar-refractivity contribution is 5.22. The molecule has 0 radical (unpaired) electrons. The molecule has 3 nitrogen and oxygen atoms in total. The first-order chi connectivity index (χ1) is 10.8. The zero-order chi connectivity index (χ0) is 15.6. The quantitative estimate of drug-likeness (QED) is 0.499. The van der Waals surface area contributed by atoms with Gasteiger partial charge in [0.2, 0.25) is 0 Å². The second-order valence-electron chi connectivity index (χ2n) is 7.11. The fourth-order valence-electron chi connectivity index (χ4n) is 3.77. The molecule has 0 saturated carbocycles. The summed E-state index contributed by atoms with van der Waals surface area (Å²) in [7, 11) is 0. The van der Waals surface area contributed by atoms with Gasteiger partial charge < -0.3 is 16.0 Å². The van der Waals surface area contributed by atoms with Gasteiger partial charge in [0.1, 0.15) is 0 Å². The van der Waals surface area contributed by atoms with E-state index in [0.717, 1.165) is 25.4 Å². The number of hydrogen-bond donors (Lipinski definition) is 3. The van der Waals surface area contributed by atoms with E-state index in [9.17, 15) is 0 Å². The fraction of sp³-hybridized carbons (Fsp3) is 0.895. The Morgan fingerprint density at radius 2 is 1.50 bits per heavy atom. The summed E-state index contributed by atoms with van der Waals surface area (Å²) in [4.78, 5) is 0. The van der Waals surface area contributed by atoms with Crippen molar-refractivity contribution in [3.8, 4) is 0 Å². The van der Waals surface area contributed by atoms with Gasteiger partial charge in [-0.15, -0.1) is 0 Å². The molecule has 0 spiro atoms. The molecule has 0 fully saturated rings. The van der Waals surface area contributed by atoms with E-state index in [0.29, 0.717) is 6.17 Å². The zero-order valence-electron chi connectivity index (χ0n) is 14.8. The topological polar surface area (TPSA) is 36.1 Å². The van der Waals surface area contributed by atoms with Gasteiger partial charge in [0.15, 0.2) is 0 Å². The molecule has 22 heavy (non-hydrogen) atoms. The van der Waals surface area contributed by atoms with Crippen LogP contribution in [0.1, 0.15) is 84.5 Å². The molecule has 2 heterocycles. The van der Waals surface area contributed by atoms with Gasteiger partial charge in [-0.05, 0) is 18.8 Å². The summed E-state index contributed by atoms with van der Waals surface area (Å²) < 4.78 is 0. The lowest BCUT2D eigenvalue weighted by Crippen LogP contribution is -2.40. The van der Waals surface area contributed by atoms with E-state index in [1.807, 2.05) is 0 Å². The molecule has 2 aliphatic heterocycles. The molecule has 0 aromatic heterocycles. The van der Waals surface area contributed by atoms with Crippen molar-refractivity contribution in [1.29, 1.82) is 0 Å². The molecular weight excluding hydrogens is 270 g/mol. The summed E-state index contributed by atoms with van der Waals surface area (Å²) in [6.45, 7) is 6.75. The van der Waals surface area contributed by atoms with E-state index >= 15 is 0 Å². The fourth-order valence-corrected chi connectivity index (χ4v) is 3.77. The molecule has 2 aliphatic rings. The Labute approximate surface area is 137 Å². The van der Waals surface area contributed by atoms with Crippen molar-refractivity contribution in [2.75, 3.05) is 13.1 Å². The Hall–Kier alpha value is -0.700. The third-order valence-corrected chi connectivity index (χ3v) is 5.21. The van der Waals surface area contributed by atoms with Gasteiger partial charge in [0, 0.05) is 30.9 Å². The Bertz CT molecular complexity index is 308. The third kappa shape index (κ3) is 5.49. The van der Waals surface area contributed by atoms with Gasteiger partial charge in [-0.3, -0.25) is 0 Å². The molecule has 1 unspecified atom stereocenters. The Balaban J connectivity index is 1.78. The van der Waals surface area contributed by atoms with Crippen LogP contribution in [0.3, 0.4) is 0 Å². The molecule has 0 aromatic rings. The Morgan fingerprint density at radius 1 is 0.864 bits per heavy atom. The lowest BCUT2D eigenvalue weighted by molar-refractivity contribution is 0.301. The van der Waals surface area contributed by atoms with Crippen molar-refractivity contribution >= 4 is 0 Å². The standard InChI is InChI=1S/C19H37N3/c1-3-5-7-9-11-16(12-10-8-6-4-2)19-21-17-13-14-20-15-18(17)22-19/h16,19-22H,3-15H2,1-2H3. The Kier molecular flexibility index (Phi) is 8.14. The van der Waals surface area contributed by atoms with Crippen LogP contribution in [0, 0.1) is 5.92 Å². The molecule has 3 heteroatoms. The van der Waals surface area contributed by atoms with Gasteiger partial charge in [-0.25, -0.2) is 0 Å². The normalized spacial score (nSPS) is 21.0. The van der Waals surface area contributed by atoms with Crippen LogP contribution in [0.15, 0.2) is 11.4 Å². The first kappa shape index (κ1) is 17.7. The van der Waals surface area contributed by atoms with Crippen LogP contribution < -0.4 is 16.0 Å². The molecule has 0 saturated heterocycles. The summed E-state index contributed by atoms with van der Waals surface area (Å²) >= 11 is 0. The third-order valence-electron chi connectivity index (χ3n) is 5.21. The first-order valence-corrected chi connectivity index (χ1v) is 9.81. The summed E-state index contributed by atoms with van der Waals surface area (Å²) in [6, 6.07) is 0. The van der Waals surface area contributed by atoms with Crippen molar-refractivity contribution in [2.24, 2.45) is 5.92 Å². The van der Waals surface area contributed by atoms with Crippen LogP contribution in [0.4, 0.5) is 0 Å². The summed E-state index contributed by atoms with van der Waals surface area (Å²) in [5, 5.41) is 11.1. The van der Waals surface area contributed by atoms with Gasteiger partial charge in [0.25, 0.3) is 0 Å². The average molecular weight is 308 g/mol. The molecule has 0 aliphatic carbocycles. The summed E-state index contributed by atoms with van der Waals surface area (Å²) in [5.41, 5.74) is 2.92. The minimum atomic E-state index is 0.494. The van der Waals surface area contributed by atoms with Crippen LogP contribution in [0.25, 0.3) is 0 Å². The van der Waals surface area contributed by atoms with Crippen molar-refractivity contribution in [3.05, 3.63) is 11.4 Å². The van der Waals surface area contributed by atoms with Crippen LogP contribution in [-0.4, -0.2) is 19.3 Å². The highest BCUT2D eigenvalue weighted by Crippen LogP contribution is 2.26. The summed E-state index contributed by atoms with van der Waals surface area (Å²) in [5.74, 6) is 0.791. The molecule has 128 valence electrons. The van der Waals surface area contributed by atoms with E-state index < -0.39 is 0 Å². The van der Waals surface area contributed by atoms with E-state index in [2.05, 4.69) is 29.8 Å². The second kappa shape index (κ2) is 10.1. The van der Waals surface area contributed by atoms with Crippen LogP contribution in [0.2, 0.25) is 0 Å². The maximum Gasteiger partial charge on any atom is 0.0989 e. The smallest absolute Gasteiger partial charge is 0.0989 e. The van der Waals surface area contributed by atoms with Gasteiger partial charge in [-0.2, -0.15) is 0 Å². The second-order valence-corrected chi connectivity index (χ2v) is 7.11. The lowest BCUT2D eigenvalue weighted by Gasteiger charge is -2.26. The lowest BCUT2D eigenvalue weighted by atomic mass is 9.92. The molecule has 3 N–H and O–H groups in total. The van der Waals surface area contributed by atoms with E-state index in [1.54, 1.807) is 0 Å². The first-order valence-electron chi connectivity index (χ1n) is 9.81. The highest BCUT2D eigenvalue weighted by Gasteiger charge is 2.29. The number of rotatable bonds is 11. The molecule has 1 atom stereocenters. The average Bonchev–Trinajstić information content (AvgIpc) is 2.97. The number of unbranched alkanes of at least 4 members (excludes halogenated alkanes) is 6. The van der Waals surface area contributed by atoms with Gasteiger partial charge >= 0.3 is 0 Å². The van der Waals surface area contributed by atoms with E-state index in [4.69, 9.17) is 0 Å². The summed E-state index contributed by atoms with van der Waals surface area (Å²) in [6.07, 6.45) is 15.5. The predicted octanol–water partition coefficient (Wildman–Crippen LogP) is 4.27. The number of nitrogens with one attached hydrogen (secondary N) is 3. The van der Waals surface area contributed by atoms with Crippen LogP contribution in [-0.2, 0) is 0 Å². The predicted molar refractivity (Wildman–Crippen MR) is 95.6 cm³/mol. The van der Waals surface area contributed by atoms with Crippen LogP contribution in [0.5, 0.6) is 0 Å². The maximum absolute atomic E-state index is 3.80. The molecule has 0 bridgehead atoms. The van der Waals surface area contributed by atoms with Crippen molar-refractivity contribution < 1.29 is 0 Å². The number of hydrogen-bond acceptors (Lipinski definition) is 3. The zero-order valence-corrected chi connectivity index (χ0v) is 14.8. The molecular formula is C19H37N3. The van der Waals surface area contributed by atoms with Crippen LogP contribution >= 0.6 is 0 Å². The largest absolute Gasteiger partial charge is 0.367 e. The van der Waals surface area contributed by atoms with Gasteiger partial charge in [-0.1, -0.05) is 65.2 Å². The van der Waals surface area contributed by atoms with E-state index in [1.165, 1.54) is 75.6 Å². The van der Waals surface area contributed by atoms with Crippen molar-refractivity contribution in [3.63, 3.8) is 0 Å². The molecule has 0 aromatic carbocycles. The highest BCUT2D eigenvalue weighted by atomic mass is 15.2. The maximum atomic E-state index is 3.80. The van der Waals surface area contributed by atoms with Gasteiger partial charge in [0.05, 0.1) is 6.17 Å². The molecule has 0 amide bonds. The van der Waals surface area contributed by atoms with Crippen molar-refractivity contribution in [2.45, 2.75) is 90.6 Å². The van der Waals surface area contributed by atoms with Crippen molar-refractivity contribution in [1.82, 2.24) is 16.0 Å².